The molecule has 0 aromatic carbocycles. The molecule has 0 spiro atoms. The summed E-state index contributed by atoms with van der Waals surface area (Å²) in [6.45, 7) is 4.02. The van der Waals surface area contributed by atoms with Crippen LogP contribution in [0.5, 0.6) is 0 Å². The quantitative estimate of drug-likeness (QED) is 0.637. The van der Waals surface area contributed by atoms with Crippen molar-refractivity contribution in [2.24, 2.45) is 5.41 Å². The molecule has 0 radical (unpaired) electrons. The highest BCUT2D eigenvalue weighted by molar-refractivity contribution is 5.80. The van der Waals surface area contributed by atoms with Gasteiger partial charge in [-0.1, -0.05) is 13.8 Å². The predicted octanol–water partition coefficient (Wildman–Crippen LogP) is 0.850. The molecule has 1 heterocycles. The average molecular weight is 187 g/mol. The summed E-state index contributed by atoms with van der Waals surface area (Å²) in [5.74, 6) is -1.06. The van der Waals surface area contributed by atoms with Crippen LogP contribution in [0.1, 0.15) is 20.3 Å². The molecule has 1 rings (SSSR count). The Labute approximate surface area is 76.0 Å². The summed E-state index contributed by atoms with van der Waals surface area (Å²) >= 11 is 0. The van der Waals surface area contributed by atoms with Gasteiger partial charge in [0, 0.05) is 6.54 Å². The largest absolute Gasteiger partial charge is 0.480 e. The zero-order valence-electron chi connectivity index (χ0n) is 7.65. The first kappa shape index (κ1) is 9.83. The fourth-order valence-electron chi connectivity index (χ4n) is 1.69. The van der Waals surface area contributed by atoms with E-state index in [1.54, 1.807) is 0 Å². The summed E-state index contributed by atoms with van der Waals surface area (Å²) < 4.78 is 0. The van der Waals surface area contributed by atoms with Crippen LogP contribution in [-0.2, 0) is 4.79 Å². The van der Waals surface area contributed by atoms with Crippen molar-refractivity contribution >= 4 is 12.1 Å². The smallest absolute Gasteiger partial charge is 0.408 e. The molecule has 0 aromatic rings. The van der Waals surface area contributed by atoms with Crippen LogP contribution in [-0.4, -0.2) is 39.8 Å². The second-order valence-electron chi connectivity index (χ2n) is 4.13. The minimum atomic E-state index is -1.15. The molecule has 13 heavy (non-hydrogen) atoms. The van der Waals surface area contributed by atoms with Gasteiger partial charge in [-0.2, -0.15) is 0 Å². The molecule has 2 N–H and O–H groups in total. The monoisotopic (exact) mass is 187 g/mol. The van der Waals surface area contributed by atoms with Crippen molar-refractivity contribution in [1.82, 2.24) is 4.90 Å². The lowest BCUT2D eigenvalue weighted by Crippen LogP contribution is -2.39. The number of carboxylic acid groups (broad SMARTS) is 2. The Morgan fingerprint density at radius 2 is 1.92 bits per heavy atom. The van der Waals surface area contributed by atoms with Crippen LogP contribution in [0.2, 0.25) is 0 Å². The molecule has 1 aliphatic rings. The van der Waals surface area contributed by atoms with Crippen molar-refractivity contribution in [1.29, 1.82) is 0 Å². The van der Waals surface area contributed by atoms with Crippen molar-refractivity contribution in [3.63, 3.8) is 0 Å². The Bertz CT molecular complexity index is 225. The zero-order valence-corrected chi connectivity index (χ0v) is 7.65. The van der Waals surface area contributed by atoms with Crippen molar-refractivity contribution in [3.05, 3.63) is 0 Å². The van der Waals surface area contributed by atoms with Crippen LogP contribution in [0.25, 0.3) is 0 Å². The van der Waals surface area contributed by atoms with E-state index in [1.807, 2.05) is 13.8 Å². The molecule has 0 bridgehead atoms. The van der Waals surface area contributed by atoms with Crippen molar-refractivity contribution in [2.75, 3.05) is 6.54 Å². The Hall–Kier alpha value is -1.26. The fraction of sp³-hybridized carbons (Fsp3) is 0.750. The molecule has 0 aliphatic carbocycles. The first-order chi connectivity index (χ1) is 5.83. The van der Waals surface area contributed by atoms with Gasteiger partial charge in [0.05, 0.1) is 0 Å². The molecule has 1 aliphatic heterocycles. The number of carbonyl (C=O) groups is 2. The molecule has 74 valence electrons. The van der Waals surface area contributed by atoms with Gasteiger partial charge in [-0.15, -0.1) is 0 Å². The Morgan fingerprint density at radius 1 is 1.38 bits per heavy atom. The fourth-order valence-corrected chi connectivity index (χ4v) is 1.69. The second-order valence-corrected chi connectivity index (χ2v) is 4.13. The van der Waals surface area contributed by atoms with E-state index in [2.05, 4.69) is 0 Å². The summed E-state index contributed by atoms with van der Waals surface area (Å²) in [7, 11) is 0. The minimum absolute atomic E-state index is 0.235. The van der Waals surface area contributed by atoms with Crippen LogP contribution >= 0.6 is 0 Å². The summed E-state index contributed by atoms with van der Waals surface area (Å²) in [6, 6.07) is -0.882. The SMILES string of the molecule is CC1(C)CC(C(=O)O)N(C(=O)O)C1. The van der Waals surface area contributed by atoms with E-state index in [4.69, 9.17) is 10.2 Å². The summed E-state index contributed by atoms with van der Waals surface area (Å²) in [4.78, 5) is 22.4. The third kappa shape index (κ3) is 1.91. The molecule has 1 amide bonds. The van der Waals surface area contributed by atoms with Crippen molar-refractivity contribution in [3.8, 4) is 0 Å². The Balaban J connectivity index is 2.83. The first-order valence-corrected chi connectivity index (χ1v) is 4.06. The molecule has 5 heteroatoms. The van der Waals surface area contributed by atoms with Gasteiger partial charge in [-0.25, -0.2) is 9.59 Å². The highest BCUT2D eigenvalue weighted by Gasteiger charge is 2.43. The van der Waals surface area contributed by atoms with E-state index >= 15 is 0 Å². The summed E-state index contributed by atoms with van der Waals surface area (Å²) in [6.07, 6.45) is -0.771. The van der Waals surface area contributed by atoms with Crippen LogP contribution in [0.4, 0.5) is 4.79 Å². The number of hydrogen-bond donors (Lipinski definition) is 2. The number of rotatable bonds is 1. The molecule has 1 saturated heterocycles. The minimum Gasteiger partial charge on any atom is -0.480 e. The Morgan fingerprint density at radius 3 is 2.23 bits per heavy atom. The molecular formula is C8H13NO4. The Kier molecular flexibility index (Phi) is 2.19. The molecule has 5 nitrogen and oxygen atoms in total. The van der Waals surface area contributed by atoms with Gasteiger partial charge in [0.2, 0.25) is 0 Å². The van der Waals surface area contributed by atoms with Gasteiger partial charge in [0.15, 0.2) is 0 Å². The molecule has 0 aromatic heterocycles. The number of aliphatic carboxylic acids is 1. The number of hydrogen-bond acceptors (Lipinski definition) is 2. The van der Waals surface area contributed by atoms with E-state index in [0.29, 0.717) is 13.0 Å². The maximum Gasteiger partial charge on any atom is 0.408 e. The van der Waals surface area contributed by atoms with Gasteiger partial charge in [0.1, 0.15) is 6.04 Å². The molecule has 0 saturated carbocycles. The zero-order chi connectivity index (χ0) is 10.2. The maximum absolute atomic E-state index is 10.7. The number of amides is 1. The lowest BCUT2D eigenvalue weighted by atomic mass is 9.91. The molecule has 1 atom stereocenters. The number of carboxylic acids is 1. The van der Waals surface area contributed by atoms with E-state index < -0.39 is 18.1 Å². The normalized spacial score (nSPS) is 26.0. The molecular weight excluding hydrogens is 174 g/mol. The van der Waals surface area contributed by atoms with Crippen LogP contribution < -0.4 is 0 Å². The van der Waals surface area contributed by atoms with Crippen molar-refractivity contribution in [2.45, 2.75) is 26.3 Å². The summed E-state index contributed by atoms with van der Waals surface area (Å²) in [5.41, 5.74) is -0.235. The van der Waals surface area contributed by atoms with E-state index in [0.717, 1.165) is 4.90 Å². The van der Waals surface area contributed by atoms with Gasteiger partial charge in [-0.05, 0) is 11.8 Å². The van der Waals surface area contributed by atoms with Gasteiger partial charge >= 0.3 is 12.1 Å². The lowest BCUT2D eigenvalue weighted by molar-refractivity contribution is -0.141. The lowest BCUT2D eigenvalue weighted by Gasteiger charge is -2.18. The first-order valence-electron chi connectivity index (χ1n) is 4.06. The summed E-state index contributed by atoms with van der Waals surface area (Å²) in [5, 5.41) is 17.5. The second kappa shape index (κ2) is 2.90. The van der Waals surface area contributed by atoms with Gasteiger partial charge in [0.25, 0.3) is 0 Å². The highest BCUT2D eigenvalue weighted by atomic mass is 16.4. The highest BCUT2D eigenvalue weighted by Crippen LogP contribution is 2.33. The van der Waals surface area contributed by atoms with Gasteiger partial charge < -0.3 is 10.2 Å². The van der Waals surface area contributed by atoms with Crippen LogP contribution in [0, 0.1) is 5.41 Å². The van der Waals surface area contributed by atoms with Crippen molar-refractivity contribution < 1.29 is 19.8 Å². The topological polar surface area (TPSA) is 77.8 Å². The van der Waals surface area contributed by atoms with E-state index in [-0.39, 0.29) is 5.41 Å². The third-order valence-corrected chi connectivity index (χ3v) is 2.25. The van der Waals surface area contributed by atoms with Crippen LogP contribution in [0.3, 0.4) is 0 Å². The number of nitrogens with zero attached hydrogens (tertiary/aromatic N) is 1. The number of likely N-dealkylation sites (tertiary alicyclic amines) is 1. The molecule has 1 unspecified atom stereocenters. The van der Waals surface area contributed by atoms with Gasteiger partial charge in [-0.3, -0.25) is 4.90 Å². The van der Waals surface area contributed by atoms with E-state index in [9.17, 15) is 9.59 Å². The average Bonchev–Trinajstić information content (AvgIpc) is 2.26. The van der Waals surface area contributed by atoms with E-state index in [1.165, 1.54) is 0 Å². The molecule has 1 fully saturated rings. The predicted molar refractivity (Wildman–Crippen MR) is 44.6 cm³/mol. The maximum atomic E-state index is 10.7. The van der Waals surface area contributed by atoms with Crippen LogP contribution in [0.15, 0.2) is 0 Å². The standard InChI is InChI=1S/C8H13NO4/c1-8(2)3-5(6(10)11)9(4-8)7(12)13/h5H,3-4H2,1-2H3,(H,10,11)(H,12,13). The third-order valence-electron chi connectivity index (χ3n) is 2.25.